The average Bonchev–Trinajstić information content (AvgIpc) is 2.62. The molecular weight excluding hydrogens is 100 g/mol. The molecule has 2 saturated heterocycles. The molecule has 0 spiro atoms. The third kappa shape index (κ3) is 0.644. The smallest absolute Gasteiger partial charge is 0.0385 e. The predicted molar refractivity (Wildman–Crippen MR) is 32.4 cm³/mol. The number of rotatable bonds is 2. The van der Waals surface area contributed by atoms with E-state index >= 15 is 0 Å². The first kappa shape index (κ1) is 4.77. The van der Waals surface area contributed by atoms with Crippen molar-refractivity contribution in [3.63, 3.8) is 0 Å². The van der Waals surface area contributed by atoms with Crippen LogP contribution in [0.5, 0.6) is 0 Å². The molecule has 0 saturated carbocycles. The number of hydrogen-bond donors (Lipinski definition) is 0. The minimum absolute atomic E-state index is 0.914. The van der Waals surface area contributed by atoms with E-state index in [1.165, 1.54) is 26.1 Å². The van der Waals surface area contributed by atoms with Crippen molar-refractivity contribution in [2.45, 2.75) is 19.4 Å². The molecule has 46 valence electrons. The Morgan fingerprint density at radius 3 is 2.62 bits per heavy atom. The molecule has 0 amide bonds. The highest BCUT2D eigenvalue weighted by Crippen LogP contribution is 2.27. The maximum atomic E-state index is 2.46. The van der Waals surface area contributed by atoms with Crippen molar-refractivity contribution in [2.24, 2.45) is 0 Å². The quantitative estimate of drug-likeness (QED) is 0.474. The Labute approximate surface area is 50.0 Å². The molecule has 0 N–H and O–H groups in total. The van der Waals surface area contributed by atoms with Crippen LogP contribution in [0.4, 0.5) is 0 Å². The first-order chi connectivity index (χ1) is 3.92. The lowest BCUT2D eigenvalue weighted by Crippen LogP contribution is -2.08. The Morgan fingerprint density at radius 1 is 1.50 bits per heavy atom. The van der Waals surface area contributed by atoms with Crippen LogP contribution < -0.4 is 0 Å². The van der Waals surface area contributed by atoms with Crippen LogP contribution in [0.3, 0.4) is 0 Å². The molecule has 2 fully saturated rings. The van der Waals surface area contributed by atoms with Crippen LogP contribution in [0, 0.1) is 0 Å². The van der Waals surface area contributed by atoms with E-state index in [4.69, 9.17) is 0 Å². The summed E-state index contributed by atoms with van der Waals surface area (Å²) in [7, 11) is 0. The summed E-state index contributed by atoms with van der Waals surface area (Å²) in [6.07, 6.45) is 1.33. The van der Waals surface area contributed by atoms with Gasteiger partial charge in [0.25, 0.3) is 0 Å². The normalized spacial score (nSPS) is 44.6. The zero-order valence-corrected chi connectivity index (χ0v) is 5.30. The maximum Gasteiger partial charge on any atom is 0.0385 e. The molecule has 0 aliphatic carbocycles. The van der Waals surface area contributed by atoms with Crippen LogP contribution in [-0.2, 0) is 0 Å². The van der Waals surface area contributed by atoms with Crippen LogP contribution in [0.15, 0.2) is 0 Å². The molecule has 2 nitrogen and oxygen atoms in total. The van der Waals surface area contributed by atoms with Gasteiger partial charge in [0.2, 0.25) is 0 Å². The van der Waals surface area contributed by atoms with Crippen LogP contribution in [0.2, 0.25) is 0 Å². The molecule has 2 unspecified atom stereocenters. The van der Waals surface area contributed by atoms with Gasteiger partial charge in [0.05, 0.1) is 0 Å². The molecule has 2 heteroatoms. The van der Waals surface area contributed by atoms with Crippen LogP contribution in [0.25, 0.3) is 0 Å². The Balaban J connectivity index is 1.79. The van der Waals surface area contributed by atoms with Gasteiger partial charge in [-0.15, -0.1) is 0 Å². The second-order valence-electron chi connectivity index (χ2n) is 2.64. The van der Waals surface area contributed by atoms with Crippen LogP contribution in [0.1, 0.15) is 13.3 Å². The van der Waals surface area contributed by atoms with Gasteiger partial charge in [-0.1, -0.05) is 6.92 Å². The molecule has 8 heavy (non-hydrogen) atoms. The van der Waals surface area contributed by atoms with Gasteiger partial charge in [0, 0.05) is 25.7 Å². The lowest BCUT2D eigenvalue weighted by atomic mass is 10.4. The summed E-state index contributed by atoms with van der Waals surface area (Å²) in [5, 5.41) is 4.87. The lowest BCUT2D eigenvalue weighted by molar-refractivity contribution is 0.239. The van der Waals surface area contributed by atoms with E-state index in [9.17, 15) is 0 Å². The molecule has 2 aliphatic rings. The van der Waals surface area contributed by atoms with Crippen LogP contribution in [-0.4, -0.2) is 35.7 Å². The number of hydrogen-bond acceptors (Lipinski definition) is 2. The monoisotopic (exact) mass is 112 g/mol. The minimum atomic E-state index is 0.914. The van der Waals surface area contributed by atoms with Gasteiger partial charge < -0.3 is 0 Å². The van der Waals surface area contributed by atoms with Crippen molar-refractivity contribution >= 4 is 0 Å². The molecule has 0 aromatic carbocycles. The van der Waals surface area contributed by atoms with Crippen molar-refractivity contribution in [1.82, 2.24) is 10.0 Å². The molecule has 0 aromatic rings. The van der Waals surface area contributed by atoms with E-state index in [1.807, 2.05) is 0 Å². The van der Waals surface area contributed by atoms with E-state index in [2.05, 4.69) is 16.9 Å². The van der Waals surface area contributed by atoms with Gasteiger partial charge in [-0.25, -0.2) is 10.0 Å². The second-order valence-corrected chi connectivity index (χ2v) is 2.64. The fourth-order valence-electron chi connectivity index (χ4n) is 1.16. The van der Waals surface area contributed by atoms with Crippen molar-refractivity contribution in [3.8, 4) is 0 Å². The van der Waals surface area contributed by atoms with Crippen LogP contribution >= 0.6 is 0 Å². The van der Waals surface area contributed by atoms with E-state index in [-0.39, 0.29) is 0 Å². The van der Waals surface area contributed by atoms with Gasteiger partial charge >= 0.3 is 0 Å². The molecular formula is C6H12N2. The Kier molecular flexibility index (Phi) is 0.866. The lowest BCUT2D eigenvalue weighted by Gasteiger charge is -1.98. The zero-order chi connectivity index (χ0) is 5.56. The highest BCUT2D eigenvalue weighted by molar-refractivity contribution is 4.90. The molecule has 2 atom stereocenters. The molecule has 2 aliphatic heterocycles. The summed E-state index contributed by atoms with van der Waals surface area (Å²) in [6.45, 7) is 6.22. The minimum Gasteiger partial charge on any atom is -0.239 e. The SMILES string of the molecule is CCC1CN1N1CC1. The highest BCUT2D eigenvalue weighted by Gasteiger charge is 2.41. The Bertz CT molecular complexity index is 98.7. The van der Waals surface area contributed by atoms with Gasteiger partial charge in [0.1, 0.15) is 0 Å². The van der Waals surface area contributed by atoms with E-state index in [1.54, 1.807) is 0 Å². The molecule has 0 bridgehead atoms. The van der Waals surface area contributed by atoms with Gasteiger partial charge in [-0.05, 0) is 6.42 Å². The topological polar surface area (TPSA) is 6.02 Å². The summed E-state index contributed by atoms with van der Waals surface area (Å²) < 4.78 is 0. The fourth-order valence-corrected chi connectivity index (χ4v) is 1.16. The summed E-state index contributed by atoms with van der Waals surface area (Å²) in [5.74, 6) is 0. The summed E-state index contributed by atoms with van der Waals surface area (Å²) in [6, 6.07) is 0.914. The third-order valence-corrected chi connectivity index (χ3v) is 1.94. The molecule has 2 heterocycles. The van der Waals surface area contributed by atoms with Crippen molar-refractivity contribution < 1.29 is 0 Å². The zero-order valence-electron chi connectivity index (χ0n) is 5.30. The fraction of sp³-hybridized carbons (Fsp3) is 1.00. The number of hydrazine groups is 1. The van der Waals surface area contributed by atoms with E-state index in [0.717, 1.165) is 6.04 Å². The molecule has 0 aromatic heterocycles. The van der Waals surface area contributed by atoms with Gasteiger partial charge in [0.15, 0.2) is 0 Å². The summed E-state index contributed by atoms with van der Waals surface area (Å²) in [4.78, 5) is 0. The van der Waals surface area contributed by atoms with Crippen molar-refractivity contribution in [3.05, 3.63) is 0 Å². The van der Waals surface area contributed by atoms with E-state index in [0.29, 0.717) is 0 Å². The van der Waals surface area contributed by atoms with Crippen molar-refractivity contribution in [2.75, 3.05) is 19.6 Å². The number of nitrogens with zero attached hydrogens (tertiary/aromatic N) is 2. The largest absolute Gasteiger partial charge is 0.239 e. The Hall–Kier alpha value is -0.0800. The second kappa shape index (κ2) is 1.45. The standard InChI is InChI=1S/C6H12N2/c1-2-6-5-8(6)7-3-4-7/h6H,2-5H2,1H3. The summed E-state index contributed by atoms with van der Waals surface area (Å²) in [5.41, 5.74) is 0. The molecule has 0 radical (unpaired) electrons. The first-order valence-corrected chi connectivity index (χ1v) is 3.43. The first-order valence-electron chi connectivity index (χ1n) is 3.43. The average molecular weight is 112 g/mol. The van der Waals surface area contributed by atoms with Gasteiger partial charge in [-0.2, -0.15) is 0 Å². The van der Waals surface area contributed by atoms with Gasteiger partial charge in [-0.3, -0.25) is 0 Å². The third-order valence-electron chi connectivity index (χ3n) is 1.94. The van der Waals surface area contributed by atoms with Crippen molar-refractivity contribution in [1.29, 1.82) is 0 Å². The molecule has 2 rings (SSSR count). The summed E-state index contributed by atoms with van der Waals surface area (Å²) >= 11 is 0. The predicted octanol–water partition coefficient (Wildman–Crippen LogP) is 0.311. The van der Waals surface area contributed by atoms with E-state index < -0.39 is 0 Å². The maximum absolute atomic E-state index is 2.46. The highest BCUT2D eigenvalue weighted by atomic mass is 15.8. The Morgan fingerprint density at radius 2 is 2.25 bits per heavy atom.